The summed E-state index contributed by atoms with van der Waals surface area (Å²) in [7, 11) is 3.74. The molecule has 1 amide bonds. The summed E-state index contributed by atoms with van der Waals surface area (Å²) in [4.78, 5) is 29.9. The van der Waals surface area contributed by atoms with E-state index in [1.54, 1.807) is 19.4 Å². The molecule has 2 saturated heterocycles. The number of nitrogens with zero attached hydrogens (tertiary/aromatic N) is 5. The van der Waals surface area contributed by atoms with Crippen molar-refractivity contribution in [3.8, 4) is 11.8 Å². The molecule has 4 aliphatic rings. The van der Waals surface area contributed by atoms with Gasteiger partial charge in [-0.05, 0) is 55.3 Å². The smallest absolute Gasteiger partial charge is 0.229 e. The lowest BCUT2D eigenvalue weighted by Crippen LogP contribution is -2.45. The van der Waals surface area contributed by atoms with Crippen LogP contribution in [0.3, 0.4) is 0 Å². The Morgan fingerprint density at radius 3 is 2.70 bits per heavy atom. The number of likely N-dealkylation sites (tertiary alicyclic amines) is 1. The zero-order valence-electron chi connectivity index (χ0n) is 25.8. The third-order valence-corrected chi connectivity index (χ3v) is 10.3. The van der Waals surface area contributed by atoms with E-state index in [1.165, 1.54) is 6.07 Å². The molecule has 8 rings (SSSR count). The monoisotopic (exact) mass is 659 g/mol. The summed E-state index contributed by atoms with van der Waals surface area (Å²) >= 11 is 6.22. The van der Waals surface area contributed by atoms with Crippen molar-refractivity contribution in [3.05, 3.63) is 82.4 Å². The third kappa shape index (κ3) is 5.04. The molecule has 0 bridgehead atoms. The van der Waals surface area contributed by atoms with Gasteiger partial charge < -0.3 is 29.6 Å². The molecule has 242 valence electrons. The quantitative estimate of drug-likeness (QED) is 0.306. The SMILES string of the molecule is CNC(=O)[C@@]12C[C@@H]1[C@@H](n1cnc3c(NCc4cccc(Cl)c4)nc(C#Cc4ccc(F)c(F)c4)nc31)[C@@H]1OC3(CCN(C)CC3)O[C@@H]12. The van der Waals surface area contributed by atoms with Crippen molar-refractivity contribution < 1.29 is 23.0 Å². The standard InChI is InChI=1S/C34H32ClF2N7O3/c1-38-32(45)34-16-22(34)27(28-29(34)47-33(46-28)10-12-43(2)13-11-33)44-18-40-26-30(39-17-20-4-3-5-21(35)14-20)41-25(42-31(26)44)9-7-19-6-8-23(36)24(37)15-19/h3-6,8,14-15,18,22,27-29H,10-13,16-17H2,1-2H3,(H,38,45)(H,39,41,42)/t22-,27-,28+,29+,34+/m1/s1. The van der Waals surface area contributed by atoms with E-state index in [0.717, 1.165) is 30.8 Å². The molecular formula is C34H32ClF2N7O3. The maximum absolute atomic E-state index is 13.9. The Morgan fingerprint density at radius 1 is 1.11 bits per heavy atom. The predicted octanol–water partition coefficient (Wildman–Crippen LogP) is 4.28. The molecule has 2 aromatic carbocycles. The first-order valence-electron chi connectivity index (χ1n) is 15.7. The van der Waals surface area contributed by atoms with Crippen LogP contribution in [0.25, 0.3) is 11.2 Å². The Hall–Kier alpha value is -4.15. The Bertz CT molecular complexity index is 1970. The van der Waals surface area contributed by atoms with E-state index < -0.39 is 28.9 Å². The van der Waals surface area contributed by atoms with Gasteiger partial charge in [-0.25, -0.2) is 23.7 Å². The molecule has 2 N–H and O–H groups in total. The van der Waals surface area contributed by atoms with Crippen LogP contribution in [0.1, 0.15) is 42.3 Å². The van der Waals surface area contributed by atoms with Gasteiger partial charge in [0.2, 0.25) is 11.7 Å². The van der Waals surface area contributed by atoms with Crippen LogP contribution in [0.5, 0.6) is 0 Å². The first-order valence-corrected chi connectivity index (χ1v) is 16.0. The normalized spacial score (nSPS) is 27.3. The molecule has 4 aromatic rings. The highest BCUT2D eigenvalue weighted by Crippen LogP contribution is 2.72. The molecule has 5 atom stereocenters. The van der Waals surface area contributed by atoms with Crippen LogP contribution in [0.4, 0.5) is 14.6 Å². The number of carbonyl (C=O) groups excluding carboxylic acids is 1. The molecule has 47 heavy (non-hydrogen) atoms. The number of carbonyl (C=O) groups is 1. The predicted molar refractivity (Wildman–Crippen MR) is 169 cm³/mol. The summed E-state index contributed by atoms with van der Waals surface area (Å²) in [6.07, 6.45) is 3.01. The van der Waals surface area contributed by atoms with Crippen LogP contribution in [0, 0.1) is 34.8 Å². The number of hydrogen-bond acceptors (Lipinski definition) is 8. The molecular weight excluding hydrogens is 628 g/mol. The first kappa shape index (κ1) is 30.2. The van der Waals surface area contributed by atoms with E-state index in [9.17, 15) is 13.6 Å². The number of ether oxygens (including phenoxy) is 2. The molecule has 2 aromatic heterocycles. The van der Waals surface area contributed by atoms with E-state index in [-0.39, 0.29) is 35.4 Å². The summed E-state index contributed by atoms with van der Waals surface area (Å²) < 4.78 is 43.0. The van der Waals surface area contributed by atoms with Gasteiger partial charge in [-0.3, -0.25) is 4.79 Å². The number of hydrogen-bond donors (Lipinski definition) is 2. The van der Waals surface area contributed by atoms with Crippen molar-refractivity contribution in [2.45, 2.75) is 49.8 Å². The fraction of sp³-hybridized carbons (Fsp3) is 0.412. The minimum atomic E-state index is -0.990. The molecule has 4 heterocycles. The number of amides is 1. The molecule has 1 spiro atoms. The number of piperidine rings is 1. The molecule has 2 saturated carbocycles. The lowest BCUT2D eigenvalue weighted by Gasteiger charge is -2.37. The number of benzene rings is 2. The van der Waals surface area contributed by atoms with Crippen molar-refractivity contribution >= 4 is 34.5 Å². The molecule has 13 heteroatoms. The van der Waals surface area contributed by atoms with Crippen molar-refractivity contribution in [2.24, 2.45) is 11.3 Å². The summed E-state index contributed by atoms with van der Waals surface area (Å²) in [5, 5.41) is 6.84. The van der Waals surface area contributed by atoms with Gasteiger partial charge in [-0.15, -0.1) is 0 Å². The van der Waals surface area contributed by atoms with Gasteiger partial charge >= 0.3 is 0 Å². The number of aromatic nitrogens is 4. The highest BCUT2D eigenvalue weighted by atomic mass is 35.5. The van der Waals surface area contributed by atoms with Gasteiger partial charge in [0.05, 0.1) is 17.8 Å². The van der Waals surface area contributed by atoms with E-state index >= 15 is 0 Å². The van der Waals surface area contributed by atoms with Crippen molar-refractivity contribution in [1.82, 2.24) is 29.7 Å². The van der Waals surface area contributed by atoms with Gasteiger partial charge in [-0.1, -0.05) is 29.7 Å². The lowest BCUT2D eigenvalue weighted by atomic mass is 9.98. The second-order valence-electron chi connectivity index (χ2n) is 12.8. The van der Waals surface area contributed by atoms with Crippen LogP contribution in [-0.2, 0) is 20.8 Å². The zero-order chi connectivity index (χ0) is 32.5. The number of anilines is 1. The number of rotatable bonds is 5. The van der Waals surface area contributed by atoms with E-state index in [0.29, 0.717) is 47.8 Å². The van der Waals surface area contributed by atoms with Gasteiger partial charge in [0.25, 0.3) is 0 Å². The number of imidazole rings is 1. The van der Waals surface area contributed by atoms with Crippen LogP contribution < -0.4 is 10.6 Å². The maximum Gasteiger partial charge on any atom is 0.229 e. The highest BCUT2D eigenvalue weighted by molar-refractivity contribution is 6.30. The van der Waals surface area contributed by atoms with E-state index in [1.807, 2.05) is 22.8 Å². The van der Waals surface area contributed by atoms with Crippen molar-refractivity contribution in [1.29, 1.82) is 0 Å². The number of fused-ring (bicyclic) bond motifs is 4. The molecule has 0 radical (unpaired) electrons. The van der Waals surface area contributed by atoms with Gasteiger partial charge in [-0.2, -0.15) is 0 Å². The first-order chi connectivity index (χ1) is 22.7. The average Bonchev–Trinajstić information content (AvgIpc) is 3.34. The third-order valence-electron chi connectivity index (χ3n) is 10.0. The fourth-order valence-corrected chi connectivity index (χ4v) is 7.80. The van der Waals surface area contributed by atoms with Crippen LogP contribution >= 0.6 is 11.6 Å². The van der Waals surface area contributed by atoms with Crippen LogP contribution in [0.15, 0.2) is 48.8 Å². The Kier molecular flexibility index (Phi) is 7.22. The van der Waals surface area contributed by atoms with Gasteiger partial charge in [0, 0.05) is 56.0 Å². The minimum absolute atomic E-state index is 0.0467. The topological polar surface area (TPSA) is 106 Å². The van der Waals surface area contributed by atoms with Crippen LogP contribution in [0.2, 0.25) is 5.02 Å². The number of nitrogens with one attached hydrogen (secondary N) is 2. The highest BCUT2D eigenvalue weighted by Gasteiger charge is 2.80. The average molecular weight is 660 g/mol. The van der Waals surface area contributed by atoms with E-state index in [2.05, 4.69) is 39.4 Å². The zero-order valence-corrected chi connectivity index (χ0v) is 26.5. The van der Waals surface area contributed by atoms with Crippen LogP contribution in [-0.4, -0.2) is 75.5 Å². The summed E-state index contributed by atoms with van der Waals surface area (Å²) in [6.45, 7) is 2.08. The van der Waals surface area contributed by atoms with Crippen molar-refractivity contribution in [2.75, 3.05) is 32.5 Å². The van der Waals surface area contributed by atoms with Crippen molar-refractivity contribution in [3.63, 3.8) is 0 Å². The Balaban J connectivity index is 1.20. The molecule has 2 aliphatic carbocycles. The number of halogens is 3. The molecule has 4 fully saturated rings. The Morgan fingerprint density at radius 2 is 1.94 bits per heavy atom. The summed E-state index contributed by atoms with van der Waals surface area (Å²) in [6, 6.07) is 10.7. The molecule has 0 unspecified atom stereocenters. The van der Waals surface area contributed by atoms with E-state index in [4.69, 9.17) is 31.0 Å². The molecule has 2 aliphatic heterocycles. The summed E-state index contributed by atoms with van der Waals surface area (Å²) in [5.74, 6) is 3.60. The summed E-state index contributed by atoms with van der Waals surface area (Å²) in [5.41, 5.74) is 1.54. The van der Waals surface area contributed by atoms with Gasteiger partial charge in [0.15, 0.2) is 34.4 Å². The second-order valence-corrected chi connectivity index (χ2v) is 13.3. The second kappa shape index (κ2) is 11.2. The fourth-order valence-electron chi connectivity index (χ4n) is 7.59. The largest absolute Gasteiger partial charge is 0.364 e. The molecule has 10 nitrogen and oxygen atoms in total. The lowest BCUT2D eigenvalue weighted by molar-refractivity contribution is -0.211. The maximum atomic E-state index is 13.9. The Labute approximate surface area is 274 Å². The van der Waals surface area contributed by atoms with Gasteiger partial charge in [0.1, 0.15) is 12.2 Å². The minimum Gasteiger partial charge on any atom is -0.364 e.